The van der Waals surface area contributed by atoms with Crippen LogP contribution in [0.4, 0.5) is 11.4 Å². The van der Waals surface area contributed by atoms with Gasteiger partial charge in [0.25, 0.3) is 5.91 Å². The van der Waals surface area contributed by atoms with Crippen molar-refractivity contribution in [2.24, 2.45) is 0 Å². The number of carbonyl (C=O) groups excluding carboxylic acids is 2. The van der Waals surface area contributed by atoms with Crippen molar-refractivity contribution in [2.75, 3.05) is 43.0 Å². The molecule has 2 aromatic carbocycles. The van der Waals surface area contributed by atoms with Crippen LogP contribution >= 0.6 is 11.6 Å². The van der Waals surface area contributed by atoms with Gasteiger partial charge in [0.2, 0.25) is 5.91 Å². The number of hydrogen-bond donors (Lipinski definition) is 1. The molecule has 0 aromatic heterocycles. The highest BCUT2D eigenvalue weighted by molar-refractivity contribution is 6.31. The molecule has 1 fully saturated rings. The number of piperazine rings is 1. The summed E-state index contributed by atoms with van der Waals surface area (Å²) in [5.74, 6) is 0.638. The summed E-state index contributed by atoms with van der Waals surface area (Å²) in [4.78, 5) is 29.0. The van der Waals surface area contributed by atoms with Crippen molar-refractivity contribution >= 4 is 34.8 Å². The van der Waals surface area contributed by atoms with E-state index in [1.165, 1.54) is 0 Å². The average molecular weight is 444 g/mol. The van der Waals surface area contributed by atoms with Crippen LogP contribution in [0.1, 0.15) is 43.5 Å². The molecule has 0 saturated carbocycles. The van der Waals surface area contributed by atoms with E-state index in [1.807, 2.05) is 36.1 Å². The number of nitrogens with one attached hydrogen (secondary N) is 1. The SMILES string of the molecule is CCCCOc1cccc(C(=O)Nc2cc(Cl)ccc2N2CCN(C(=O)CC)CC2)c1. The molecule has 0 unspecified atom stereocenters. The fourth-order valence-corrected chi connectivity index (χ4v) is 3.73. The molecule has 1 aliphatic rings. The zero-order chi connectivity index (χ0) is 22.2. The molecular weight excluding hydrogens is 414 g/mol. The second-order valence-electron chi connectivity index (χ2n) is 7.57. The number of rotatable bonds is 8. The van der Waals surface area contributed by atoms with Crippen LogP contribution in [0, 0.1) is 0 Å². The Labute approximate surface area is 189 Å². The highest BCUT2D eigenvalue weighted by atomic mass is 35.5. The minimum Gasteiger partial charge on any atom is -0.494 e. The molecule has 1 saturated heterocycles. The van der Waals surface area contributed by atoms with Crippen LogP contribution in [0.5, 0.6) is 5.75 Å². The van der Waals surface area contributed by atoms with Gasteiger partial charge in [-0.05, 0) is 42.8 Å². The molecule has 2 amide bonds. The quantitative estimate of drug-likeness (QED) is 0.593. The third-order valence-corrected chi connectivity index (χ3v) is 5.58. The summed E-state index contributed by atoms with van der Waals surface area (Å²) in [7, 11) is 0. The first-order valence-corrected chi connectivity index (χ1v) is 11.3. The molecule has 0 aliphatic carbocycles. The zero-order valence-electron chi connectivity index (χ0n) is 18.2. The van der Waals surface area contributed by atoms with E-state index in [0.717, 1.165) is 18.5 Å². The van der Waals surface area contributed by atoms with Crippen molar-refractivity contribution in [1.82, 2.24) is 4.90 Å². The third kappa shape index (κ3) is 6.14. The molecule has 0 atom stereocenters. The van der Waals surface area contributed by atoms with Gasteiger partial charge in [0, 0.05) is 43.2 Å². The Morgan fingerprint density at radius 1 is 1.06 bits per heavy atom. The molecule has 1 aliphatic heterocycles. The van der Waals surface area contributed by atoms with Gasteiger partial charge in [-0.2, -0.15) is 0 Å². The maximum Gasteiger partial charge on any atom is 0.255 e. The summed E-state index contributed by atoms with van der Waals surface area (Å²) in [6.45, 7) is 7.36. The molecule has 1 N–H and O–H groups in total. The van der Waals surface area contributed by atoms with E-state index < -0.39 is 0 Å². The molecule has 0 radical (unpaired) electrons. The third-order valence-electron chi connectivity index (χ3n) is 5.35. The number of halogens is 1. The lowest BCUT2D eigenvalue weighted by molar-refractivity contribution is -0.131. The molecule has 7 heteroatoms. The van der Waals surface area contributed by atoms with Gasteiger partial charge in [0.05, 0.1) is 18.0 Å². The summed E-state index contributed by atoms with van der Waals surface area (Å²) in [5.41, 5.74) is 2.08. The fraction of sp³-hybridized carbons (Fsp3) is 0.417. The van der Waals surface area contributed by atoms with E-state index in [1.54, 1.807) is 18.2 Å². The first-order valence-electron chi connectivity index (χ1n) is 10.9. The van der Waals surface area contributed by atoms with Gasteiger partial charge < -0.3 is 19.9 Å². The Morgan fingerprint density at radius 3 is 2.55 bits per heavy atom. The standard InChI is InChI=1S/C24H30ClN3O3/c1-3-5-15-31-20-8-6-7-18(16-20)24(30)26-21-17-19(25)9-10-22(21)27-11-13-28(14-12-27)23(29)4-2/h6-10,16-17H,3-5,11-15H2,1-2H3,(H,26,30). The lowest BCUT2D eigenvalue weighted by Gasteiger charge is -2.37. The molecule has 31 heavy (non-hydrogen) atoms. The van der Waals surface area contributed by atoms with Gasteiger partial charge >= 0.3 is 0 Å². The lowest BCUT2D eigenvalue weighted by Crippen LogP contribution is -2.48. The van der Waals surface area contributed by atoms with Crippen LogP contribution in [0.25, 0.3) is 0 Å². The van der Waals surface area contributed by atoms with Gasteiger partial charge in [-0.1, -0.05) is 37.9 Å². The van der Waals surface area contributed by atoms with Crippen LogP contribution in [0.3, 0.4) is 0 Å². The number of nitrogens with zero attached hydrogens (tertiary/aromatic N) is 2. The minimum atomic E-state index is -0.218. The van der Waals surface area contributed by atoms with Gasteiger partial charge in [0.15, 0.2) is 0 Å². The van der Waals surface area contributed by atoms with E-state index in [0.29, 0.717) is 61.2 Å². The van der Waals surface area contributed by atoms with E-state index in [2.05, 4.69) is 17.1 Å². The first-order chi connectivity index (χ1) is 15.0. The van der Waals surface area contributed by atoms with Crippen molar-refractivity contribution in [1.29, 1.82) is 0 Å². The van der Waals surface area contributed by atoms with E-state index >= 15 is 0 Å². The van der Waals surface area contributed by atoms with Crippen molar-refractivity contribution in [3.8, 4) is 5.75 Å². The largest absolute Gasteiger partial charge is 0.494 e. The number of ether oxygens (including phenoxy) is 1. The monoisotopic (exact) mass is 443 g/mol. The maximum atomic E-state index is 12.9. The lowest BCUT2D eigenvalue weighted by atomic mass is 10.1. The van der Waals surface area contributed by atoms with Crippen LogP contribution in [-0.4, -0.2) is 49.5 Å². The molecule has 1 heterocycles. The molecular formula is C24H30ClN3O3. The number of unbranched alkanes of at least 4 members (excludes halogenated alkanes) is 1. The summed E-state index contributed by atoms with van der Waals surface area (Å²) < 4.78 is 5.72. The Balaban J connectivity index is 1.72. The van der Waals surface area contributed by atoms with E-state index in [-0.39, 0.29) is 11.8 Å². The summed E-state index contributed by atoms with van der Waals surface area (Å²) in [6.07, 6.45) is 2.54. The van der Waals surface area contributed by atoms with Crippen molar-refractivity contribution in [3.05, 3.63) is 53.1 Å². The molecule has 166 valence electrons. The predicted molar refractivity (Wildman–Crippen MR) is 125 cm³/mol. The average Bonchev–Trinajstić information content (AvgIpc) is 2.79. The Hall–Kier alpha value is -2.73. The first kappa shape index (κ1) is 22.9. The molecule has 6 nitrogen and oxygen atoms in total. The van der Waals surface area contributed by atoms with E-state index in [9.17, 15) is 9.59 Å². The van der Waals surface area contributed by atoms with Crippen molar-refractivity contribution < 1.29 is 14.3 Å². The van der Waals surface area contributed by atoms with Crippen LogP contribution in [0.2, 0.25) is 5.02 Å². The highest BCUT2D eigenvalue weighted by Crippen LogP contribution is 2.31. The van der Waals surface area contributed by atoms with Gasteiger partial charge in [-0.15, -0.1) is 0 Å². The van der Waals surface area contributed by atoms with Crippen molar-refractivity contribution in [2.45, 2.75) is 33.1 Å². The number of hydrogen-bond acceptors (Lipinski definition) is 4. The normalized spacial score (nSPS) is 13.8. The van der Waals surface area contributed by atoms with E-state index in [4.69, 9.17) is 16.3 Å². The zero-order valence-corrected chi connectivity index (χ0v) is 19.0. The Bertz CT molecular complexity index is 911. The van der Waals surface area contributed by atoms with Crippen LogP contribution < -0.4 is 15.0 Å². The number of amides is 2. The van der Waals surface area contributed by atoms with Gasteiger partial charge in [0.1, 0.15) is 5.75 Å². The second-order valence-corrected chi connectivity index (χ2v) is 8.00. The van der Waals surface area contributed by atoms with Crippen LogP contribution in [-0.2, 0) is 4.79 Å². The molecule has 3 rings (SSSR count). The Morgan fingerprint density at radius 2 is 1.84 bits per heavy atom. The molecule has 2 aromatic rings. The van der Waals surface area contributed by atoms with Crippen LogP contribution in [0.15, 0.2) is 42.5 Å². The fourth-order valence-electron chi connectivity index (χ4n) is 3.56. The van der Waals surface area contributed by atoms with Gasteiger partial charge in [-0.25, -0.2) is 0 Å². The number of anilines is 2. The highest BCUT2D eigenvalue weighted by Gasteiger charge is 2.22. The number of carbonyl (C=O) groups is 2. The minimum absolute atomic E-state index is 0.172. The second kappa shape index (κ2) is 11.0. The topological polar surface area (TPSA) is 61.9 Å². The smallest absolute Gasteiger partial charge is 0.255 e. The summed E-state index contributed by atoms with van der Waals surface area (Å²) in [6, 6.07) is 12.7. The van der Waals surface area contributed by atoms with Gasteiger partial charge in [-0.3, -0.25) is 9.59 Å². The summed E-state index contributed by atoms with van der Waals surface area (Å²) >= 11 is 6.22. The maximum absolute atomic E-state index is 12.9. The predicted octanol–water partition coefficient (Wildman–Crippen LogP) is 4.83. The molecule has 0 bridgehead atoms. The number of benzene rings is 2. The Kier molecular flexibility index (Phi) is 8.18. The van der Waals surface area contributed by atoms with Crippen molar-refractivity contribution in [3.63, 3.8) is 0 Å². The summed E-state index contributed by atoms with van der Waals surface area (Å²) in [5, 5.41) is 3.55. The molecule has 0 spiro atoms.